The van der Waals surface area contributed by atoms with Gasteiger partial charge in [-0.1, -0.05) is 0 Å². The number of amides is 2. The molecule has 4 rings (SSSR count). The molecule has 1 aromatic heterocycles. The first-order valence-corrected chi connectivity index (χ1v) is 8.50. The first-order valence-electron chi connectivity index (χ1n) is 8.50. The molecule has 7 nitrogen and oxygen atoms in total. The maximum Gasteiger partial charge on any atom is 0.271 e. The van der Waals surface area contributed by atoms with Gasteiger partial charge in [-0.2, -0.15) is 0 Å². The normalized spacial score (nSPS) is 18.2. The van der Waals surface area contributed by atoms with E-state index in [4.69, 9.17) is 4.74 Å². The molecule has 2 aromatic rings. The van der Waals surface area contributed by atoms with Gasteiger partial charge in [-0.05, 0) is 38.0 Å². The van der Waals surface area contributed by atoms with E-state index in [1.807, 2.05) is 28.5 Å². The van der Waals surface area contributed by atoms with Crippen molar-refractivity contribution in [3.8, 4) is 11.4 Å². The molecule has 1 aromatic carbocycles. The molecule has 2 aliphatic heterocycles. The highest BCUT2D eigenvalue weighted by Crippen LogP contribution is 2.40. The van der Waals surface area contributed by atoms with E-state index in [0.717, 1.165) is 24.2 Å². The predicted octanol–water partition coefficient (Wildman–Crippen LogP) is 1.92. The van der Waals surface area contributed by atoms with E-state index in [1.54, 1.807) is 19.5 Å². The van der Waals surface area contributed by atoms with E-state index in [1.165, 1.54) is 0 Å². The highest BCUT2D eigenvalue weighted by atomic mass is 16.5. The minimum absolute atomic E-state index is 0.0260. The SMILES string of the molecule is CCNC(=O)c1ncn2c1[C@@H]1CCCN1C(=O)c1cc(OC)ccc1-2. The maximum atomic E-state index is 13.1. The van der Waals surface area contributed by atoms with E-state index < -0.39 is 0 Å². The summed E-state index contributed by atoms with van der Waals surface area (Å²) in [5.41, 5.74) is 2.50. The Bertz CT molecular complexity index is 858. The third-order valence-electron chi connectivity index (χ3n) is 4.88. The third kappa shape index (κ3) is 2.30. The Morgan fingerprint density at radius 1 is 1.44 bits per heavy atom. The number of ether oxygens (including phenoxy) is 1. The first-order chi connectivity index (χ1) is 12.2. The van der Waals surface area contributed by atoms with Crippen molar-refractivity contribution in [1.82, 2.24) is 19.8 Å². The molecule has 0 saturated carbocycles. The highest BCUT2D eigenvalue weighted by Gasteiger charge is 2.40. The van der Waals surface area contributed by atoms with Crippen molar-refractivity contribution in [2.75, 3.05) is 20.2 Å². The summed E-state index contributed by atoms with van der Waals surface area (Å²) < 4.78 is 7.17. The average Bonchev–Trinajstić information content (AvgIpc) is 3.25. The van der Waals surface area contributed by atoms with E-state index in [-0.39, 0.29) is 17.9 Å². The van der Waals surface area contributed by atoms with Gasteiger partial charge < -0.3 is 15.0 Å². The zero-order valence-electron chi connectivity index (χ0n) is 14.3. The Morgan fingerprint density at radius 3 is 3.04 bits per heavy atom. The van der Waals surface area contributed by atoms with Crippen LogP contribution < -0.4 is 10.1 Å². The Kier molecular flexibility index (Phi) is 3.71. The third-order valence-corrected chi connectivity index (χ3v) is 4.88. The molecule has 130 valence electrons. The fraction of sp³-hybridized carbons (Fsp3) is 0.389. The Morgan fingerprint density at radius 2 is 2.28 bits per heavy atom. The zero-order valence-corrected chi connectivity index (χ0v) is 14.3. The van der Waals surface area contributed by atoms with Crippen LogP contribution in [-0.2, 0) is 0 Å². The minimum Gasteiger partial charge on any atom is -0.497 e. The number of rotatable bonds is 3. The number of benzene rings is 1. The topological polar surface area (TPSA) is 76.5 Å². The monoisotopic (exact) mass is 340 g/mol. The molecular weight excluding hydrogens is 320 g/mol. The molecular formula is C18H20N4O3. The molecule has 2 amide bonds. The molecule has 0 radical (unpaired) electrons. The Labute approximate surface area is 145 Å². The lowest BCUT2D eigenvalue weighted by atomic mass is 10.1. The van der Waals surface area contributed by atoms with Crippen molar-refractivity contribution >= 4 is 11.8 Å². The molecule has 0 aliphatic carbocycles. The van der Waals surface area contributed by atoms with Crippen LogP contribution in [0.15, 0.2) is 24.5 Å². The van der Waals surface area contributed by atoms with Gasteiger partial charge in [-0.15, -0.1) is 0 Å². The standard InChI is InChI=1S/C18H20N4O3/c1-3-19-17(23)15-16-14-5-4-8-21(14)18(24)12-9-11(25-2)6-7-13(12)22(16)10-20-15/h6-7,9-10,14H,3-5,8H2,1-2H3,(H,19,23)/t14-/m0/s1. The van der Waals surface area contributed by atoms with Gasteiger partial charge in [0.05, 0.1) is 30.1 Å². The molecule has 1 saturated heterocycles. The molecule has 3 heterocycles. The molecule has 2 aliphatic rings. The van der Waals surface area contributed by atoms with E-state index in [9.17, 15) is 9.59 Å². The second-order valence-corrected chi connectivity index (χ2v) is 6.25. The lowest BCUT2D eigenvalue weighted by Gasteiger charge is -2.23. The van der Waals surface area contributed by atoms with Crippen LogP contribution in [0.25, 0.3) is 5.69 Å². The number of aromatic nitrogens is 2. The van der Waals surface area contributed by atoms with Gasteiger partial charge in [0, 0.05) is 13.1 Å². The summed E-state index contributed by atoms with van der Waals surface area (Å²) in [5.74, 6) is 0.407. The van der Waals surface area contributed by atoms with Crippen molar-refractivity contribution in [2.24, 2.45) is 0 Å². The molecule has 1 atom stereocenters. The second-order valence-electron chi connectivity index (χ2n) is 6.25. The summed E-state index contributed by atoms with van der Waals surface area (Å²) in [6, 6.07) is 5.29. The van der Waals surface area contributed by atoms with Crippen LogP contribution in [0.4, 0.5) is 0 Å². The smallest absolute Gasteiger partial charge is 0.271 e. The van der Waals surface area contributed by atoms with Gasteiger partial charge in [0.1, 0.15) is 12.1 Å². The van der Waals surface area contributed by atoms with E-state index in [2.05, 4.69) is 10.3 Å². The van der Waals surface area contributed by atoms with E-state index in [0.29, 0.717) is 30.1 Å². The van der Waals surface area contributed by atoms with Crippen LogP contribution in [0.5, 0.6) is 5.75 Å². The number of nitrogens with one attached hydrogen (secondary N) is 1. The molecule has 0 bridgehead atoms. The summed E-state index contributed by atoms with van der Waals surface area (Å²) in [4.78, 5) is 31.8. The van der Waals surface area contributed by atoms with Crippen molar-refractivity contribution in [2.45, 2.75) is 25.8 Å². The van der Waals surface area contributed by atoms with Crippen LogP contribution in [0.3, 0.4) is 0 Å². The number of hydrogen-bond donors (Lipinski definition) is 1. The molecule has 1 N–H and O–H groups in total. The number of fused-ring (bicyclic) bond motifs is 5. The van der Waals surface area contributed by atoms with Crippen LogP contribution in [0, 0.1) is 0 Å². The largest absolute Gasteiger partial charge is 0.497 e. The quantitative estimate of drug-likeness (QED) is 0.926. The minimum atomic E-state index is -0.201. The van der Waals surface area contributed by atoms with Crippen LogP contribution >= 0.6 is 0 Å². The van der Waals surface area contributed by atoms with Crippen molar-refractivity contribution in [1.29, 1.82) is 0 Å². The lowest BCUT2D eigenvalue weighted by molar-refractivity contribution is 0.0735. The average molecular weight is 340 g/mol. The molecule has 1 fully saturated rings. The number of nitrogens with zero attached hydrogens (tertiary/aromatic N) is 3. The Hall–Kier alpha value is -2.83. The van der Waals surface area contributed by atoms with Gasteiger partial charge in [-0.25, -0.2) is 4.98 Å². The van der Waals surface area contributed by atoms with Crippen molar-refractivity contribution < 1.29 is 14.3 Å². The number of carbonyl (C=O) groups excluding carboxylic acids is 2. The predicted molar refractivity (Wildman–Crippen MR) is 91.1 cm³/mol. The van der Waals surface area contributed by atoms with Crippen LogP contribution in [0.2, 0.25) is 0 Å². The van der Waals surface area contributed by atoms with Crippen LogP contribution in [-0.4, -0.2) is 46.5 Å². The summed E-state index contributed by atoms with van der Waals surface area (Å²) in [6.45, 7) is 3.09. The van der Waals surface area contributed by atoms with Gasteiger partial charge in [-0.3, -0.25) is 14.2 Å². The maximum absolute atomic E-state index is 13.1. The number of imidazole rings is 1. The molecule has 25 heavy (non-hydrogen) atoms. The van der Waals surface area contributed by atoms with Crippen molar-refractivity contribution in [3.63, 3.8) is 0 Å². The van der Waals surface area contributed by atoms with Gasteiger partial charge in [0.2, 0.25) is 0 Å². The molecule has 0 unspecified atom stereocenters. The molecule has 7 heteroatoms. The highest BCUT2D eigenvalue weighted by molar-refractivity contribution is 6.00. The van der Waals surface area contributed by atoms with Gasteiger partial charge >= 0.3 is 0 Å². The first kappa shape index (κ1) is 15.7. The van der Waals surface area contributed by atoms with Crippen molar-refractivity contribution in [3.05, 3.63) is 41.5 Å². The Balaban J connectivity index is 1.95. The summed E-state index contributed by atoms with van der Waals surface area (Å²) in [7, 11) is 1.58. The number of methoxy groups -OCH3 is 1. The van der Waals surface area contributed by atoms with E-state index >= 15 is 0 Å². The number of carbonyl (C=O) groups is 2. The molecule has 0 spiro atoms. The lowest BCUT2D eigenvalue weighted by Crippen LogP contribution is -2.31. The van der Waals surface area contributed by atoms with Gasteiger partial charge in [0.15, 0.2) is 5.69 Å². The summed E-state index contributed by atoms with van der Waals surface area (Å²) >= 11 is 0. The zero-order chi connectivity index (χ0) is 17.6. The number of hydrogen-bond acceptors (Lipinski definition) is 4. The van der Waals surface area contributed by atoms with Gasteiger partial charge in [0.25, 0.3) is 11.8 Å². The summed E-state index contributed by atoms with van der Waals surface area (Å²) in [5, 5.41) is 2.81. The summed E-state index contributed by atoms with van der Waals surface area (Å²) in [6.07, 6.45) is 3.38. The fourth-order valence-electron chi connectivity index (χ4n) is 3.76. The second kappa shape index (κ2) is 5.91. The fourth-order valence-corrected chi connectivity index (χ4v) is 3.76. The van der Waals surface area contributed by atoms with Crippen LogP contribution in [0.1, 0.15) is 52.3 Å².